The lowest BCUT2D eigenvalue weighted by atomic mass is 10.1. The van der Waals surface area contributed by atoms with Crippen LogP contribution in [0.3, 0.4) is 0 Å². The minimum atomic E-state index is -0.497. The van der Waals surface area contributed by atoms with Crippen LogP contribution in [-0.2, 0) is 4.74 Å². The van der Waals surface area contributed by atoms with E-state index >= 15 is 0 Å². The van der Waals surface area contributed by atoms with Crippen molar-refractivity contribution >= 4 is 40.5 Å². The van der Waals surface area contributed by atoms with Crippen molar-refractivity contribution in [2.75, 3.05) is 32.1 Å². The highest BCUT2D eigenvalue weighted by Crippen LogP contribution is 2.26. The Morgan fingerprint density at radius 1 is 1.31 bits per heavy atom. The van der Waals surface area contributed by atoms with E-state index < -0.39 is 5.56 Å². The van der Waals surface area contributed by atoms with E-state index in [1.807, 2.05) is 0 Å². The van der Waals surface area contributed by atoms with Crippen LogP contribution in [0.15, 0.2) is 29.2 Å². The van der Waals surface area contributed by atoms with Crippen molar-refractivity contribution < 1.29 is 4.74 Å². The molecule has 2 aromatic rings. The molecule has 6 nitrogen and oxygen atoms in total. The van der Waals surface area contributed by atoms with Gasteiger partial charge in [-0.05, 0) is 32.2 Å². The Kier molecular flexibility index (Phi) is 6.10. The Balaban J connectivity index is 1.80. The minimum Gasteiger partial charge on any atom is -0.379 e. The molecule has 2 atom stereocenters. The van der Waals surface area contributed by atoms with Crippen molar-refractivity contribution in [1.29, 1.82) is 0 Å². The predicted molar refractivity (Wildman–Crippen MR) is 105 cm³/mol. The molecule has 3 rings (SSSR count). The van der Waals surface area contributed by atoms with Crippen molar-refractivity contribution in [3.05, 3.63) is 49.8 Å². The van der Waals surface area contributed by atoms with Gasteiger partial charge in [0.2, 0.25) is 0 Å². The third-order valence-corrected chi connectivity index (χ3v) is 5.37. The number of ether oxygens (including phenoxy) is 1. The summed E-state index contributed by atoms with van der Waals surface area (Å²) in [4.78, 5) is 14.4. The molecule has 2 unspecified atom stereocenters. The lowest BCUT2D eigenvalue weighted by molar-refractivity contribution is -0.0259. The molecule has 1 aliphatic heterocycles. The first kappa shape index (κ1) is 19.5. The maximum atomic E-state index is 12.2. The summed E-state index contributed by atoms with van der Waals surface area (Å²) in [5.74, 6) is 0. The van der Waals surface area contributed by atoms with Crippen molar-refractivity contribution in [1.82, 2.24) is 14.7 Å². The molecule has 1 aromatic carbocycles. The largest absolute Gasteiger partial charge is 0.379 e. The molecule has 1 aromatic heterocycles. The molecule has 1 fully saturated rings. The summed E-state index contributed by atoms with van der Waals surface area (Å²) in [5.41, 5.74) is 0.765. The summed E-state index contributed by atoms with van der Waals surface area (Å²) in [5, 5.41) is 7.89. The van der Waals surface area contributed by atoms with E-state index in [9.17, 15) is 4.79 Å². The molecule has 0 spiro atoms. The van der Waals surface area contributed by atoms with Crippen molar-refractivity contribution in [2.24, 2.45) is 0 Å². The van der Waals surface area contributed by atoms with Crippen LogP contribution in [-0.4, -0.2) is 53.6 Å². The molecule has 26 heavy (non-hydrogen) atoms. The molecule has 1 saturated heterocycles. The molecular formula is C17H19Cl3N4O2. The van der Waals surface area contributed by atoms with Gasteiger partial charge < -0.3 is 15.0 Å². The molecule has 1 N–H and O–H groups in total. The first-order chi connectivity index (χ1) is 12.4. The predicted octanol–water partition coefficient (Wildman–Crippen LogP) is 3.32. The van der Waals surface area contributed by atoms with Gasteiger partial charge in [0, 0.05) is 13.1 Å². The lowest BCUT2D eigenvalue weighted by Gasteiger charge is -2.34. The van der Waals surface area contributed by atoms with Gasteiger partial charge in [0.25, 0.3) is 5.56 Å². The smallest absolute Gasteiger partial charge is 0.291 e. The maximum absolute atomic E-state index is 12.2. The number of nitrogens with zero attached hydrogens (tertiary/aromatic N) is 3. The molecule has 0 saturated carbocycles. The molecule has 2 heterocycles. The summed E-state index contributed by atoms with van der Waals surface area (Å²) in [7, 11) is 2.08. The normalized spacial score (nSPS) is 19.3. The zero-order valence-electron chi connectivity index (χ0n) is 14.4. The molecule has 0 amide bonds. The van der Waals surface area contributed by atoms with E-state index in [4.69, 9.17) is 39.5 Å². The molecular weight excluding hydrogens is 399 g/mol. The third kappa shape index (κ3) is 4.15. The van der Waals surface area contributed by atoms with Crippen LogP contribution in [0.5, 0.6) is 0 Å². The Labute approximate surface area is 166 Å². The third-order valence-electron chi connectivity index (χ3n) is 4.31. The van der Waals surface area contributed by atoms with E-state index in [0.717, 1.165) is 23.5 Å². The van der Waals surface area contributed by atoms with Crippen LogP contribution < -0.4 is 10.9 Å². The van der Waals surface area contributed by atoms with Gasteiger partial charge in [-0.25, -0.2) is 0 Å². The highest BCUT2D eigenvalue weighted by Gasteiger charge is 2.24. The minimum absolute atomic E-state index is 0.0730. The van der Waals surface area contributed by atoms with Crippen LogP contribution in [0.1, 0.15) is 6.92 Å². The number of aromatic nitrogens is 2. The van der Waals surface area contributed by atoms with Crippen LogP contribution in [0.25, 0.3) is 5.69 Å². The van der Waals surface area contributed by atoms with E-state index in [1.165, 1.54) is 6.20 Å². The average molecular weight is 418 g/mol. The molecule has 0 aliphatic carbocycles. The molecule has 0 radical (unpaired) electrons. The van der Waals surface area contributed by atoms with E-state index in [-0.39, 0.29) is 22.2 Å². The number of benzene rings is 1. The number of anilines is 1. The fourth-order valence-electron chi connectivity index (χ4n) is 2.80. The van der Waals surface area contributed by atoms with Crippen molar-refractivity contribution in [3.63, 3.8) is 0 Å². The Bertz CT molecular complexity index is 858. The highest BCUT2D eigenvalue weighted by atomic mass is 35.5. The van der Waals surface area contributed by atoms with Gasteiger partial charge in [0.15, 0.2) is 0 Å². The molecule has 0 bridgehead atoms. The number of halogens is 3. The standard InChI is InChI=1S/C17H19Cl3N4O2/c1-10(15-9-23(2)5-6-26-15)22-14-4-3-11(7-12(14)18)24-17(25)16(20)13(19)8-21-24/h3-4,7-8,10,15,22H,5-6,9H2,1-2H3. The van der Waals surface area contributed by atoms with E-state index in [2.05, 4.69) is 29.3 Å². The summed E-state index contributed by atoms with van der Waals surface area (Å²) in [6, 6.07) is 5.28. The zero-order chi connectivity index (χ0) is 18.8. The van der Waals surface area contributed by atoms with E-state index in [0.29, 0.717) is 17.3 Å². The van der Waals surface area contributed by atoms with Crippen LogP contribution in [0.2, 0.25) is 15.1 Å². The van der Waals surface area contributed by atoms with Gasteiger partial charge in [-0.1, -0.05) is 34.8 Å². The second-order valence-corrected chi connectivity index (χ2v) is 7.48. The summed E-state index contributed by atoms with van der Waals surface area (Å²) < 4.78 is 6.98. The van der Waals surface area contributed by atoms with Gasteiger partial charge in [-0.15, -0.1) is 0 Å². The van der Waals surface area contributed by atoms with Gasteiger partial charge >= 0.3 is 0 Å². The fraction of sp³-hybridized carbons (Fsp3) is 0.412. The average Bonchev–Trinajstić information content (AvgIpc) is 2.61. The first-order valence-corrected chi connectivity index (χ1v) is 9.30. The zero-order valence-corrected chi connectivity index (χ0v) is 16.6. The fourth-order valence-corrected chi connectivity index (χ4v) is 3.28. The van der Waals surface area contributed by atoms with Gasteiger partial charge in [-0.3, -0.25) is 4.79 Å². The lowest BCUT2D eigenvalue weighted by Crippen LogP contribution is -2.47. The van der Waals surface area contributed by atoms with Crippen LogP contribution >= 0.6 is 34.8 Å². The second kappa shape index (κ2) is 8.15. The van der Waals surface area contributed by atoms with Gasteiger partial charge in [0.05, 0.1) is 46.4 Å². The summed E-state index contributed by atoms with van der Waals surface area (Å²) >= 11 is 18.1. The quantitative estimate of drug-likeness (QED) is 0.827. The summed E-state index contributed by atoms with van der Waals surface area (Å²) in [6.45, 7) is 4.56. The number of morpholine rings is 1. The van der Waals surface area contributed by atoms with Crippen LogP contribution in [0.4, 0.5) is 5.69 Å². The number of hydrogen-bond acceptors (Lipinski definition) is 5. The number of likely N-dealkylation sites (N-methyl/N-ethyl adjacent to an activating group) is 1. The number of hydrogen-bond donors (Lipinski definition) is 1. The first-order valence-electron chi connectivity index (χ1n) is 8.16. The van der Waals surface area contributed by atoms with Gasteiger partial charge in [-0.2, -0.15) is 9.78 Å². The van der Waals surface area contributed by atoms with E-state index in [1.54, 1.807) is 18.2 Å². The molecule has 1 aliphatic rings. The van der Waals surface area contributed by atoms with Crippen molar-refractivity contribution in [2.45, 2.75) is 19.1 Å². The Morgan fingerprint density at radius 3 is 2.77 bits per heavy atom. The Morgan fingerprint density at radius 2 is 2.08 bits per heavy atom. The van der Waals surface area contributed by atoms with Crippen molar-refractivity contribution in [3.8, 4) is 5.69 Å². The molecule has 9 heteroatoms. The maximum Gasteiger partial charge on any atom is 0.291 e. The van der Waals surface area contributed by atoms with Gasteiger partial charge in [0.1, 0.15) is 5.02 Å². The Hall–Kier alpha value is -1.31. The SMILES string of the molecule is CC(Nc1ccc(-n2ncc(Cl)c(Cl)c2=O)cc1Cl)C1CN(C)CCO1. The monoisotopic (exact) mass is 416 g/mol. The number of rotatable bonds is 4. The van der Waals surface area contributed by atoms with Crippen LogP contribution in [0, 0.1) is 0 Å². The number of nitrogens with one attached hydrogen (secondary N) is 1. The highest BCUT2D eigenvalue weighted by molar-refractivity contribution is 6.41. The summed E-state index contributed by atoms with van der Waals surface area (Å²) in [6.07, 6.45) is 1.40. The second-order valence-electron chi connectivity index (χ2n) is 6.29. The topological polar surface area (TPSA) is 59.4 Å². The molecule has 140 valence electrons.